The third-order valence-electron chi connectivity index (χ3n) is 3.18. The van der Waals surface area contributed by atoms with Crippen LogP contribution in [0.4, 0.5) is 5.69 Å². The average Bonchev–Trinajstić information content (AvgIpc) is 2.50. The number of ether oxygens (including phenoxy) is 2. The second-order valence-corrected chi connectivity index (χ2v) is 4.72. The first-order valence-electron chi connectivity index (χ1n) is 6.70. The van der Waals surface area contributed by atoms with Gasteiger partial charge in [-0.3, -0.25) is 9.59 Å². The molecule has 0 unspecified atom stereocenters. The molecule has 122 valence electrons. The molecule has 0 fully saturated rings. The molecule has 1 aliphatic rings. The highest BCUT2D eigenvalue weighted by molar-refractivity contribution is 5.99. The second kappa shape index (κ2) is 6.82. The zero-order chi connectivity index (χ0) is 17.0. The normalized spacial score (nSPS) is 13.6. The van der Waals surface area contributed by atoms with Crippen LogP contribution in [0.1, 0.15) is 12.0 Å². The van der Waals surface area contributed by atoms with Gasteiger partial charge < -0.3 is 24.6 Å². The minimum atomic E-state index is -1.11. The van der Waals surface area contributed by atoms with Crippen LogP contribution in [0.5, 0.6) is 11.5 Å². The Balaban J connectivity index is 2.45. The molecule has 0 aliphatic carbocycles. The quantitative estimate of drug-likeness (QED) is 0.751. The molecule has 8 heteroatoms. The minimum Gasteiger partial charge on any atom is -0.493 e. The number of hydrogen-bond donors (Lipinski definition) is 2. The van der Waals surface area contributed by atoms with Crippen molar-refractivity contribution in [3.8, 4) is 11.5 Å². The molecule has 2 rings (SSSR count). The summed E-state index contributed by atoms with van der Waals surface area (Å²) in [7, 11) is 1.42. The van der Waals surface area contributed by atoms with E-state index in [9.17, 15) is 14.4 Å². The lowest BCUT2D eigenvalue weighted by atomic mass is 10.1. The van der Waals surface area contributed by atoms with Gasteiger partial charge in [0.25, 0.3) is 5.91 Å². The smallest absolute Gasteiger partial charge is 0.328 e. The molecule has 1 heterocycles. The molecule has 1 amide bonds. The topological polar surface area (TPSA) is 113 Å². The number of carbonyl (C=O) groups excluding carboxylic acids is 1. The van der Waals surface area contributed by atoms with E-state index in [1.54, 1.807) is 12.1 Å². The summed E-state index contributed by atoms with van der Waals surface area (Å²) >= 11 is 0. The molecule has 1 aliphatic heterocycles. The van der Waals surface area contributed by atoms with Gasteiger partial charge in [0, 0.05) is 12.6 Å². The lowest BCUT2D eigenvalue weighted by molar-refractivity contribution is -0.137. The van der Waals surface area contributed by atoms with Gasteiger partial charge in [0.05, 0.1) is 19.2 Å². The number of aliphatic carboxylic acids is 2. The zero-order valence-corrected chi connectivity index (χ0v) is 12.3. The molecule has 0 spiro atoms. The zero-order valence-electron chi connectivity index (χ0n) is 12.3. The van der Waals surface area contributed by atoms with E-state index in [1.165, 1.54) is 18.1 Å². The number of anilines is 1. The summed E-state index contributed by atoms with van der Waals surface area (Å²) in [6.45, 7) is -0.229. The maximum Gasteiger partial charge on any atom is 0.328 e. The molecule has 0 aromatic heterocycles. The summed E-state index contributed by atoms with van der Waals surface area (Å²) in [6.07, 6.45) is 2.08. The van der Waals surface area contributed by atoms with Gasteiger partial charge in [-0.2, -0.15) is 0 Å². The van der Waals surface area contributed by atoms with Gasteiger partial charge >= 0.3 is 11.9 Å². The van der Waals surface area contributed by atoms with Gasteiger partial charge in [0.15, 0.2) is 18.1 Å². The Morgan fingerprint density at radius 3 is 2.74 bits per heavy atom. The van der Waals surface area contributed by atoms with Crippen molar-refractivity contribution >= 4 is 29.6 Å². The van der Waals surface area contributed by atoms with E-state index in [0.29, 0.717) is 22.7 Å². The number of methoxy groups -OCH3 is 1. The first kappa shape index (κ1) is 16.3. The fourth-order valence-electron chi connectivity index (χ4n) is 2.17. The summed E-state index contributed by atoms with van der Waals surface area (Å²) in [5.41, 5.74) is 0.841. The molecule has 0 saturated heterocycles. The Morgan fingerprint density at radius 1 is 1.39 bits per heavy atom. The number of rotatable bonds is 6. The van der Waals surface area contributed by atoms with Crippen LogP contribution in [0, 0.1) is 0 Å². The minimum absolute atomic E-state index is 0.0141. The van der Waals surface area contributed by atoms with Crippen LogP contribution >= 0.6 is 0 Å². The third-order valence-corrected chi connectivity index (χ3v) is 3.18. The maximum atomic E-state index is 12.0. The van der Waals surface area contributed by atoms with Crippen LogP contribution in [-0.4, -0.2) is 48.3 Å². The van der Waals surface area contributed by atoms with E-state index >= 15 is 0 Å². The van der Waals surface area contributed by atoms with Crippen LogP contribution in [0.25, 0.3) is 6.08 Å². The third kappa shape index (κ3) is 3.79. The fraction of sp³-hybridized carbons (Fsp3) is 0.267. The summed E-state index contributed by atoms with van der Waals surface area (Å²) < 4.78 is 10.6. The summed E-state index contributed by atoms with van der Waals surface area (Å²) in [4.78, 5) is 34.7. The largest absolute Gasteiger partial charge is 0.493 e. The van der Waals surface area contributed by atoms with Crippen LogP contribution in [0.3, 0.4) is 0 Å². The number of carboxylic acids is 2. The van der Waals surface area contributed by atoms with Crippen molar-refractivity contribution < 1.29 is 34.1 Å². The Labute approximate surface area is 131 Å². The van der Waals surface area contributed by atoms with Crippen molar-refractivity contribution in [3.05, 3.63) is 23.8 Å². The van der Waals surface area contributed by atoms with Gasteiger partial charge in [-0.05, 0) is 23.8 Å². The molecule has 2 N–H and O–H groups in total. The Morgan fingerprint density at radius 2 is 2.13 bits per heavy atom. The predicted molar refractivity (Wildman–Crippen MR) is 79.8 cm³/mol. The lowest BCUT2D eigenvalue weighted by Crippen LogP contribution is -2.40. The first-order valence-corrected chi connectivity index (χ1v) is 6.70. The van der Waals surface area contributed by atoms with E-state index < -0.39 is 11.9 Å². The van der Waals surface area contributed by atoms with E-state index in [4.69, 9.17) is 19.7 Å². The van der Waals surface area contributed by atoms with E-state index in [2.05, 4.69) is 0 Å². The van der Waals surface area contributed by atoms with Crippen LogP contribution < -0.4 is 14.4 Å². The van der Waals surface area contributed by atoms with Gasteiger partial charge in [0.2, 0.25) is 0 Å². The van der Waals surface area contributed by atoms with Crippen molar-refractivity contribution in [1.29, 1.82) is 0 Å². The number of amides is 1. The highest BCUT2D eigenvalue weighted by Crippen LogP contribution is 2.41. The van der Waals surface area contributed by atoms with Crippen LogP contribution in [0.2, 0.25) is 0 Å². The highest BCUT2D eigenvalue weighted by atomic mass is 16.5. The average molecular weight is 321 g/mol. The fourth-order valence-corrected chi connectivity index (χ4v) is 2.17. The SMILES string of the molecule is COc1cc(/C=C/C(=O)O)cc2c1OCC(=O)N2CCC(=O)O. The van der Waals surface area contributed by atoms with E-state index in [1.807, 2.05) is 0 Å². The standard InChI is InChI=1S/C15H15NO7/c1-22-11-7-9(2-3-13(18)19)6-10-15(11)23-8-12(17)16(10)5-4-14(20)21/h2-3,6-7H,4-5,8H2,1H3,(H,18,19)(H,20,21)/b3-2+. The van der Waals surface area contributed by atoms with Crippen molar-refractivity contribution in [2.45, 2.75) is 6.42 Å². The molecule has 0 radical (unpaired) electrons. The molecule has 8 nitrogen and oxygen atoms in total. The Kier molecular flexibility index (Phi) is 4.85. The molecule has 0 saturated carbocycles. The van der Waals surface area contributed by atoms with Crippen LogP contribution in [-0.2, 0) is 14.4 Å². The van der Waals surface area contributed by atoms with Crippen molar-refractivity contribution in [3.63, 3.8) is 0 Å². The first-order chi connectivity index (χ1) is 10.9. The Hall–Kier alpha value is -3.03. The summed E-state index contributed by atoms with van der Waals surface area (Å²) in [5, 5.41) is 17.5. The molecule has 1 aromatic rings. The monoisotopic (exact) mass is 321 g/mol. The van der Waals surface area contributed by atoms with Gasteiger partial charge in [-0.25, -0.2) is 4.79 Å². The number of carbonyl (C=O) groups is 3. The summed E-state index contributed by atoms with van der Waals surface area (Å²) in [5.74, 6) is -1.86. The van der Waals surface area contributed by atoms with Crippen molar-refractivity contribution in [2.75, 3.05) is 25.2 Å². The van der Waals surface area contributed by atoms with Gasteiger partial charge in [0.1, 0.15) is 0 Å². The van der Waals surface area contributed by atoms with Crippen molar-refractivity contribution in [1.82, 2.24) is 0 Å². The number of carboxylic acid groups (broad SMARTS) is 2. The predicted octanol–water partition coefficient (Wildman–Crippen LogP) is 0.993. The Bertz CT molecular complexity index is 681. The molecular weight excluding hydrogens is 306 g/mol. The van der Waals surface area contributed by atoms with E-state index in [-0.39, 0.29) is 25.5 Å². The molecule has 1 aromatic carbocycles. The van der Waals surface area contributed by atoms with Crippen molar-refractivity contribution in [2.24, 2.45) is 0 Å². The van der Waals surface area contributed by atoms with Crippen LogP contribution in [0.15, 0.2) is 18.2 Å². The molecular formula is C15H15NO7. The molecule has 0 atom stereocenters. The van der Waals surface area contributed by atoms with Gasteiger partial charge in [-0.1, -0.05) is 0 Å². The van der Waals surface area contributed by atoms with Gasteiger partial charge in [-0.15, -0.1) is 0 Å². The number of nitrogens with zero attached hydrogens (tertiary/aromatic N) is 1. The molecule has 0 bridgehead atoms. The lowest BCUT2D eigenvalue weighted by Gasteiger charge is -2.30. The number of benzene rings is 1. The van der Waals surface area contributed by atoms with E-state index in [0.717, 1.165) is 6.08 Å². The number of hydrogen-bond acceptors (Lipinski definition) is 5. The summed E-state index contributed by atoms with van der Waals surface area (Å²) in [6, 6.07) is 3.12. The number of fused-ring (bicyclic) bond motifs is 1. The highest BCUT2D eigenvalue weighted by Gasteiger charge is 2.28. The molecule has 23 heavy (non-hydrogen) atoms. The maximum absolute atomic E-state index is 12.0. The second-order valence-electron chi connectivity index (χ2n) is 4.72.